The van der Waals surface area contributed by atoms with E-state index < -0.39 is 10.8 Å². The molecule has 150 valence electrons. The van der Waals surface area contributed by atoms with Crippen LogP contribution in [-0.4, -0.2) is 15.8 Å². The molecular weight excluding hydrogens is 406 g/mol. The van der Waals surface area contributed by atoms with Crippen LogP contribution in [0.3, 0.4) is 0 Å². The number of hydrogen-bond donors (Lipinski definition) is 1. The van der Waals surface area contributed by atoms with E-state index in [1.54, 1.807) is 18.2 Å². The van der Waals surface area contributed by atoms with Crippen molar-refractivity contribution in [2.75, 3.05) is 5.32 Å². The first kappa shape index (κ1) is 19.6. The molecule has 0 atom stereocenters. The zero-order valence-corrected chi connectivity index (χ0v) is 16.6. The summed E-state index contributed by atoms with van der Waals surface area (Å²) in [5.41, 5.74) is 3.40. The summed E-state index contributed by atoms with van der Waals surface area (Å²) in [6.45, 7) is 2.09. The van der Waals surface area contributed by atoms with Gasteiger partial charge in [-0.05, 0) is 48.4 Å². The van der Waals surface area contributed by atoms with Crippen LogP contribution in [0.5, 0.6) is 0 Å². The third kappa shape index (κ3) is 3.75. The van der Waals surface area contributed by atoms with Crippen molar-refractivity contribution in [3.8, 4) is 11.5 Å². The number of anilines is 1. The number of nitro groups is 1. The number of nitrogens with one attached hydrogen (secondary N) is 1. The summed E-state index contributed by atoms with van der Waals surface area (Å²) in [5, 5.41) is 13.5. The number of rotatable bonds is 5. The van der Waals surface area contributed by atoms with Gasteiger partial charge in [-0.15, -0.1) is 0 Å². The molecule has 1 amide bonds. The largest absolute Gasteiger partial charge is 0.436 e. The molecule has 0 aliphatic heterocycles. The fourth-order valence-corrected chi connectivity index (χ4v) is 3.33. The molecule has 0 spiro atoms. The molecule has 4 rings (SSSR count). The van der Waals surface area contributed by atoms with Gasteiger partial charge in [0.2, 0.25) is 5.89 Å². The Labute approximate surface area is 176 Å². The molecule has 0 aliphatic rings. The molecule has 0 bridgehead atoms. The van der Waals surface area contributed by atoms with Gasteiger partial charge in [0.05, 0.1) is 10.5 Å². The van der Waals surface area contributed by atoms with Crippen molar-refractivity contribution < 1.29 is 14.1 Å². The minimum Gasteiger partial charge on any atom is -0.436 e. The molecule has 0 saturated heterocycles. The number of amides is 1. The predicted octanol–water partition coefficient (Wildman–Crippen LogP) is 5.87. The average Bonchev–Trinajstić information content (AvgIpc) is 3.17. The first-order chi connectivity index (χ1) is 14.5. The summed E-state index contributed by atoms with van der Waals surface area (Å²) in [6, 6.07) is 17.1. The van der Waals surface area contributed by atoms with Crippen molar-refractivity contribution in [2.45, 2.75) is 13.3 Å². The highest BCUT2D eigenvalue weighted by Crippen LogP contribution is 2.30. The van der Waals surface area contributed by atoms with Crippen LogP contribution in [0, 0.1) is 10.1 Å². The molecule has 0 fully saturated rings. The number of carbonyl (C=O) groups excluding carboxylic acids is 1. The highest BCUT2D eigenvalue weighted by atomic mass is 35.5. The van der Waals surface area contributed by atoms with Crippen LogP contribution in [0.25, 0.3) is 22.6 Å². The maximum atomic E-state index is 12.6. The van der Waals surface area contributed by atoms with Crippen molar-refractivity contribution in [3.63, 3.8) is 0 Å². The summed E-state index contributed by atoms with van der Waals surface area (Å²) >= 11 is 6.02. The third-order valence-corrected chi connectivity index (χ3v) is 5.07. The second-order valence-electron chi connectivity index (χ2n) is 6.60. The van der Waals surface area contributed by atoms with Crippen molar-refractivity contribution in [2.24, 2.45) is 0 Å². The predicted molar refractivity (Wildman–Crippen MR) is 115 cm³/mol. The van der Waals surface area contributed by atoms with E-state index in [4.69, 9.17) is 16.0 Å². The number of nitro benzene ring substituents is 1. The minimum atomic E-state index is -0.630. The maximum Gasteiger partial charge on any atom is 0.288 e. The van der Waals surface area contributed by atoms with Gasteiger partial charge in [0.15, 0.2) is 5.58 Å². The van der Waals surface area contributed by atoms with Gasteiger partial charge in [-0.3, -0.25) is 14.9 Å². The number of aryl methyl sites for hydroxylation is 1. The summed E-state index contributed by atoms with van der Waals surface area (Å²) in [6.07, 6.45) is 0.950. The van der Waals surface area contributed by atoms with E-state index in [0.717, 1.165) is 12.0 Å². The lowest BCUT2D eigenvalue weighted by Crippen LogP contribution is -2.13. The summed E-state index contributed by atoms with van der Waals surface area (Å²) < 4.78 is 5.81. The van der Waals surface area contributed by atoms with E-state index in [1.807, 2.05) is 24.3 Å². The Morgan fingerprint density at radius 2 is 1.93 bits per heavy atom. The van der Waals surface area contributed by atoms with E-state index in [0.29, 0.717) is 22.7 Å². The molecule has 0 aliphatic carbocycles. The number of halogens is 1. The van der Waals surface area contributed by atoms with Crippen LogP contribution in [0.1, 0.15) is 22.8 Å². The molecule has 1 aromatic heterocycles. The van der Waals surface area contributed by atoms with Crippen LogP contribution >= 0.6 is 11.6 Å². The van der Waals surface area contributed by atoms with Crippen molar-refractivity contribution in [3.05, 3.63) is 86.9 Å². The highest BCUT2D eigenvalue weighted by molar-refractivity contribution is 6.36. The standard InChI is InChI=1S/C22H16ClN3O4/c1-2-13-6-8-14(9-7-13)22-25-17-12-15(10-11-19(17)30-22)24-21(27)16-4-3-5-18(20(16)23)26(28)29/h3-12H,2H2,1H3,(H,24,27). The normalized spacial score (nSPS) is 10.9. The maximum absolute atomic E-state index is 12.6. The third-order valence-electron chi connectivity index (χ3n) is 4.67. The summed E-state index contributed by atoms with van der Waals surface area (Å²) in [5.74, 6) is -0.0696. The van der Waals surface area contributed by atoms with Crippen LogP contribution in [-0.2, 0) is 6.42 Å². The van der Waals surface area contributed by atoms with Gasteiger partial charge in [0.25, 0.3) is 11.6 Å². The van der Waals surface area contributed by atoms with Gasteiger partial charge in [0, 0.05) is 17.3 Å². The molecule has 4 aromatic rings. The Morgan fingerprint density at radius 1 is 1.17 bits per heavy atom. The topological polar surface area (TPSA) is 98.3 Å². The van der Waals surface area contributed by atoms with Crippen LogP contribution in [0.2, 0.25) is 5.02 Å². The molecule has 1 heterocycles. The van der Waals surface area contributed by atoms with E-state index in [9.17, 15) is 14.9 Å². The molecule has 1 N–H and O–H groups in total. The molecule has 0 unspecified atom stereocenters. The summed E-state index contributed by atoms with van der Waals surface area (Å²) in [4.78, 5) is 27.5. The number of fused-ring (bicyclic) bond motifs is 1. The van der Waals surface area contributed by atoms with E-state index in [-0.39, 0.29) is 16.3 Å². The van der Waals surface area contributed by atoms with Crippen LogP contribution in [0.4, 0.5) is 11.4 Å². The van der Waals surface area contributed by atoms with Gasteiger partial charge in [0.1, 0.15) is 10.5 Å². The van der Waals surface area contributed by atoms with Crippen molar-refractivity contribution in [1.82, 2.24) is 4.98 Å². The Balaban J connectivity index is 1.60. The van der Waals surface area contributed by atoms with Gasteiger partial charge in [-0.2, -0.15) is 0 Å². The molecule has 0 radical (unpaired) electrons. The number of nitrogens with zero attached hydrogens (tertiary/aromatic N) is 2. The fraction of sp³-hybridized carbons (Fsp3) is 0.0909. The number of aromatic nitrogens is 1. The number of benzene rings is 3. The zero-order chi connectivity index (χ0) is 21.3. The van der Waals surface area contributed by atoms with Gasteiger partial charge in [-0.25, -0.2) is 4.98 Å². The number of carbonyl (C=O) groups is 1. The molecule has 7 nitrogen and oxygen atoms in total. The Morgan fingerprint density at radius 3 is 2.63 bits per heavy atom. The van der Waals surface area contributed by atoms with E-state index in [2.05, 4.69) is 17.2 Å². The van der Waals surface area contributed by atoms with Crippen molar-refractivity contribution in [1.29, 1.82) is 0 Å². The Hall–Kier alpha value is -3.71. The fourth-order valence-electron chi connectivity index (χ4n) is 3.05. The number of hydrogen-bond acceptors (Lipinski definition) is 5. The molecule has 3 aromatic carbocycles. The van der Waals surface area contributed by atoms with E-state index in [1.165, 1.54) is 23.8 Å². The second kappa shape index (κ2) is 7.96. The Kier molecular flexibility index (Phi) is 5.20. The smallest absolute Gasteiger partial charge is 0.288 e. The quantitative estimate of drug-likeness (QED) is 0.321. The lowest BCUT2D eigenvalue weighted by Gasteiger charge is -2.06. The molecular formula is C22H16ClN3O4. The van der Waals surface area contributed by atoms with E-state index >= 15 is 0 Å². The first-order valence-corrected chi connectivity index (χ1v) is 9.58. The minimum absolute atomic E-state index is 0.0165. The molecule has 0 saturated carbocycles. The van der Waals surface area contributed by atoms with Gasteiger partial charge >= 0.3 is 0 Å². The average molecular weight is 422 g/mol. The molecule has 30 heavy (non-hydrogen) atoms. The van der Waals surface area contributed by atoms with Crippen LogP contribution in [0.15, 0.2) is 65.1 Å². The highest BCUT2D eigenvalue weighted by Gasteiger charge is 2.20. The Bertz CT molecular complexity index is 1270. The SMILES string of the molecule is CCc1ccc(-c2nc3cc(NC(=O)c4cccc([N+](=O)[O-])c4Cl)ccc3o2)cc1. The lowest BCUT2D eigenvalue weighted by atomic mass is 10.1. The monoisotopic (exact) mass is 421 g/mol. The second-order valence-corrected chi connectivity index (χ2v) is 6.98. The van der Waals surface area contributed by atoms with Crippen LogP contribution < -0.4 is 5.32 Å². The zero-order valence-electron chi connectivity index (χ0n) is 15.9. The van der Waals surface area contributed by atoms with Crippen molar-refractivity contribution >= 4 is 40.0 Å². The van der Waals surface area contributed by atoms with Gasteiger partial charge in [-0.1, -0.05) is 36.7 Å². The molecule has 8 heteroatoms. The summed E-state index contributed by atoms with van der Waals surface area (Å²) in [7, 11) is 0. The first-order valence-electron chi connectivity index (χ1n) is 9.20. The lowest BCUT2D eigenvalue weighted by molar-refractivity contribution is -0.384. The number of oxazole rings is 1. The van der Waals surface area contributed by atoms with Gasteiger partial charge < -0.3 is 9.73 Å².